The molecule has 0 aromatic carbocycles. The van der Waals surface area contributed by atoms with E-state index < -0.39 is 0 Å². The summed E-state index contributed by atoms with van der Waals surface area (Å²) in [6, 6.07) is 0. The smallest absolute Gasteiger partial charge is 0.192 e. The van der Waals surface area contributed by atoms with Crippen molar-refractivity contribution < 1.29 is 0 Å². The Hall–Kier alpha value is -1.96. The van der Waals surface area contributed by atoms with Crippen LogP contribution < -0.4 is 10.6 Å². The quantitative estimate of drug-likeness (QED) is 0.642. The fraction of sp³-hybridized carbons (Fsp3) is 0.600. The van der Waals surface area contributed by atoms with Crippen LogP contribution in [0.15, 0.2) is 11.2 Å². The summed E-state index contributed by atoms with van der Waals surface area (Å²) < 4.78 is 2.21. The minimum absolute atomic E-state index is 0.541. The van der Waals surface area contributed by atoms with Crippen LogP contribution in [0.3, 0.4) is 0 Å². The summed E-state index contributed by atoms with van der Waals surface area (Å²) in [5.74, 6) is 2.83. The van der Waals surface area contributed by atoms with Crippen molar-refractivity contribution in [1.29, 1.82) is 0 Å². The van der Waals surface area contributed by atoms with E-state index in [4.69, 9.17) is 0 Å². The van der Waals surface area contributed by atoms with Gasteiger partial charge in [0.1, 0.15) is 17.4 Å². The molecule has 3 heterocycles. The number of nitrogens with zero attached hydrogens (tertiary/aromatic N) is 5. The highest BCUT2D eigenvalue weighted by Crippen LogP contribution is 2.14. The van der Waals surface area contributed by atoms with Gasteiger partial charge in [0.2, 0.25) is 0 Å². The maximum absolute atomic E-state index is 4.63. The van der Waals surface area contributed by atoms with Crippen LogP contribution in [-0.2, 0) is 26.1 Å². The van der Waals surface area contributed by atoms with Crippen molar-refractivity contribution in [1.82, 2.24) is 30.4 Å². The topological polar surface area (TPSA) is 80.0 Å². The second kappa shape index (κ2) is 7.54. The van der Waals surface area contributed by atoms with Crippen molar-refractivity contribution >= 4 is 17.3 Å². The molecule has 2 N–H and O–H groups in total. The Balaban J connectivity index is 1.63. The van der Waals surface area contributed by atoms with Crippen LogP contribution in [0.4, 0.5) is 0 Å². The highest BCUT2D eigenvalue weighted by Gasteiger charge is 2.15. The zero-order valence-electron chi connectivity index (χ0n) is 13.7. The lowest BCUT2D eigenvalue weighted by Gasteiger charge is -2.14. The van der Waals surface area contributed by atoms with E-state index in [2.05, 4.69) is 49.2 Å². The van der Waals surface area contributed by atoms with Gasteiger partial charge in [-0.15, -0.1) is 21.5 Å². The first-order valence-electron chi connectivity index (χ1n) is 8.10. The maximum atomic E-state index is 4.63. The third-order valence-corrected chi connectivity index (χ3v) is 4.65. The third kappa shape index (κ3) is 4.07. The molecule has 0 saturated heterocycles. The Morgan fingerprint density at radius 2 is 2.26 bits per heavy atom. The Bertz CT molecular complexity index is 673. The normalized spacial score (nSPS) is 14.6. The Morgan fingerprint density at radius 1 is 1.35 bits per heavy atom. The summed E-state index contributed by atoms with van der Waals surface area (Å²) in [5.41, 5.74) is 0. The second-order valence-electron chi connectivity index (χ2n) is 5.55. The molecule has 1 aliphatic rings. The van der Waals surface area contributed by atoms with Crippen molar-refractivity contribution in [3.63, 3.8) is 0 Å². The molecule has 8 heteroatoms. The lowest BCUT2D eigenvalue weighted by molar-refractivity contribution is 0.508. The van der Waals surface area contributed by atoms with E-state index in [1.165, 1.54) is 17.7 Å². The SMILES string of the molecule is CCNC(=NCc1nnc2n1CCCC2)NCc1ncc(C)s1. The van der Waals surface area contributed by atoms with E-state index in [9.17, 15) is 0 Å². The number of aryl methyl sites for hydroxylation is 2. The Morgan fingerprint density at radius 3 is 3.04 bits per heavy atom. The molecule has 1 aliphatic heterocycles. The average Bonchev–Trinajstić information content (AvgIpc) is 3.16. The van der Waals surface area contributed by atoms with Crippen LogP contribution in [0, 0.1) is 6.92 Å². The number of thiazole rings is 1. The van der Waals surface area contributed by atoms with E-state index in [1.807, 2.05) is 6.20 Å². The monoisotopic (exact) mass is 333 g/mol. The van der Waals surface area contributed by atoms with E-state index in [0.29, 0.717) is 13.1 Å². The van der Waals surface area contributed by atoms with Gasteiger partial charge in [-0.25, -0.2) is 9.98 Å². The summed E-state index contributed by atoms with van der Waals surface area (Å²) in [7, 11) is 0. The van der Waals surface area contributed by atoms with Crippen molar-refractivity contribution in [3.8, 4) is 0 Å². The fourth-order valence-corrected chi connectivity index (χ4v) is 3.35. The number of hydrogen-bond acceptors (Lipinski definition) is 5. The molecule has 7 nitrogen and oxygen atoms in total. The van der Waals surface area contributed by atoms with Crippen LogP contribution in [-0.4, -0.2) is 32.3 Å². The zero-order valence-corrected chi connectivity index (χ0v) is 14.5. The van der Waals surface area contributed by atoms with E-state index in [1.54, 1.807) is 11.3 Å². The van der Waals surface area contributed by atoms with Gasteiger partial charge in [-0.3, -0.25) is 0 Å². The van der Waals surface area contributed by atoms with E-state index >= 15 is 0 Å². The van der Waals surface area contributed by atoms with Crippen LogP contribution in [0.5, 0.6) is 0 Å². The molecular formula is C15H23N7S. The predicted octanol–water partition coefficient (Wildman–Crippen LogP) is 1.63. The molecule has 2 aromatic rings. The highest BCUT2D eigenvalue weighted by atomic mass is 32.1. The van der Waals surface area contributed by atoms with Crippen molar-refractivity contribution in [2.75, 3.05) is 6.54 Å². The first-order valence-corrected chi connectivity index (χ1v) is 8.92. The fourth-order valence-electron chi connectivity index (χ4n) is 2.62. The van der Waals surface area contributed by atoms with E-state index in [0.717, 1.165) is 42.1 Å². The molecule has 0 unspecified atom stereocenters. The standard InChI is InChI=1S/C15H23N7S/c1-3-16-15(19-10-14-17-8-11(2)23-14)18-9-13-21-20-12-6-4-5-7-22(12)13/h8H,3-7,9-10H2,1-2H3,(H2,16,18,19). The summed E-state index contributed by atoms with van der Waals surface area (Å²) in [4.78, 5) is 10.2. The molecular weight excluding hydrogens is 310 g/mol. The number of guanidine groups is 1. The molecule has 23 heavy (non-hydrogen) atoms. The molecule has 0 fully saturated rings. The van der Waals surface area contributed by atoms with Crippen molar-refractivity contribution in [2.24, 2.45) is 4.99 Å². The Labute approximate surface area is 140 Å². The number of aromatic nitrogens is 4. The number of aliphatic imine (C=N–C) groups is 1. The molecule has 3 rings (SSSR count). The van der Waals surface area contributed by atoms with Crippen LogP contribution in [0.2, 0.25) is 0 Å². The first kappa shape index (κ1) is 15.9. The zero-order chi connectivity index (χ0) is 16.1. The molecule has 0 radical (unpaired) electrons. The lowest BCUT2D eigenvalue weighted by Crippen LogP contribution is -2.36. The van der Waals surface area contributed by atoms with Gasteiger partial charge in [-0.05, 0) is 26.7 Å². The van der Waals surface area contributed by atoms with Crippen molar-refractivity contribution in [2.45, 2.75) is 52.7 Å². The van der Waals surface area contributed by atoms with Crippen LogP contribution >= 0.6 is 11.3 Å². The lowest BCUT2D eigenvalue weighted by atomic mass is 10.2. The van der Waals surface area contributed by atoms with Gasteiger partial charge in [-0.1, -0.05) is 0 Å². The van der Waals surface area contributed by atoms with Gasteiger partial charge in [0.25, 0.3) is 0 Å². The van der Waals surface area contributed by atoms with Crippen molar-refractivity contribution in [3.05, 3.63) is 27.7 Å². The number of nitrogens with one attached hydrogen (secondary N) is 2. The third-order valence-electron chi connectivity index (χ3n) is 3.74. The minimum Gasteiger partial charge on any atom is -0.357 e. The van der Waals surface area contributed by atoms with Gasteiger partial charge < -0.3 is 15.2 Å². The predicted molar refractivity (Wildman–Crippen MR) is 91.5 cm³/mol. The number of rotatable bonds is 5. The van der Waals surface area contributed by atoms with Gasteiger partial charge in [0.05, 0.1) is 6.54 Å². The minimum atomic E-state index is 0.541. The summed E-state index contributed by atoms with van der Waals surface area (Å²) >= 11 is 1.70. The van der Waals surface area contributed by atoms with E-state index in [-0.39, 0.29) is 0 Å². The molecule has 124 valence electrons. The molecule has 0 amide bonds. The molecule has 0 atom stereocenters. The average molecular weight is 333 g/mol. The molecule has 0 saturated carbocycles. The summed E-state index contributed by atoms with van der Waals surface area (Å²) in [5, 5.41) is 16.2. The second-order valence-corrected chi connectivity index (χ2v) is 6.87. The van der Waals surface area contributed by atoms with Gasteiger partial charge in [0.15, 0.2) is 11.8 Å². The van der Waals surface area contributed by atoms with Crippen LogP contribution in [0.1, 0.15) is 41.3 Å². The van der Waals surface area contributed by atoms with Gasteiger partial charge in [0, 0.05) is 30.6 Å². The number of hydrogen-bond donors (Lipinski definition) is 2. The summed E-state index contributed by atoms with van der Waals surface area (Å²) in [6.07, 6.45) is 5.33. The van der Waals surface area contributed by atoms with Gasteiger partial charge in [-0.2, -0.15) is 0 Å². The largest absolute Gasteiger partial charge is 0.357 e. The van der Waals surface area contributed by atoms with Gasteiger partial charge >= 0.3 is 0 Å². The highest BCUT2D eigenvalue weighted by molar-refractivity contribution is 7.11. The molecule has 0 bridgehead atoms. The maximum Gasteiger partial charge on any atom is 0.192 e. The molecule has 0 aliphatic carbocycles. The number of fused-ring (bicyclic) bond motifs is 1. The first-order chi connectivity index (χ1) is 11.3. The summed E-state index contributed by atoms with van der Waals surface area (Å²) in [6.45, 7) is 7.18. The molecule has 2 aromatic heterocycles. The van der Waals surface area contributed by atoms with Crippen LogP contribution in [0.25, 0.3) is 0 Å². The Kier molecular flexibility index (Phi) is 5.22. The molecule has 0 spiro atoms.